The number of nitrogens with zero attached hydrogens (tertiary/aromatic N) is 3. The summed E-state index contributed by atoms with van der Waals surface area (Å²) in [6.45, 7) is 1.32. The summed E-state index contributed by atoms with van der Waals surface area (Å²) in [5, 5.41) is 21.4. The molecule has 1 saturated heterocycles. The van der Waals surface area contributed by atoms with Gasteiger partial charge in [0.2, 0.25) is 5.82 Å². The normalized spacial score (nSPS) is 18.0. The zero-order valence-electron chi connectivity index (χ0n) is 10.8. The molecule has 2 heterocycles. The Morgan fingerprint density at radius 1 is 1.58 bits per heavy atom. The average Bonchev–Trinajstić information content (AvgIpc) is 2.39. The maximum atomic E-state index is 11.0. The zero-order chi connectivity index (χ0) is 13.9. The van der Waals surface area contributed by atoms with E-state index in [4.69, 9.17) is 4.74 Å². The number of aliphatic hydroxyl groups is 1. The largest absolute Gasteiger partial charge is 0.388 e. The smallest absolute Gasteiger partial charge is 0.311 e. The van der Waals surface area contributed by atoms with E-state index in [0.717, 1.165) is 0 Å². The molecule has 0 aliphatic carbocycles. The number of ether oxygens (including phenoxy) is 1. The van der Waals surface area contributed by atoms with Gasteiger partial charge in [0.15, 0.2) is 0 Å². The number of nitro groups is 1. The molecule has 0 amide bonds. The molecular weight excluding hydrogens is 250 g/mol. The fourth-order valence-electron chi connectivity index (χ4n) is 2.25. The SMILES string of the molecule is CN(CC1(O)CCOCC1)c1ncccc1[N+](=O)[O-]. The standard InChI is InChI=1S/C12H17N3O4/c1-14(9-12(16)4-7-19-8-5-12)11-10(15(17)18)3-2-6-13-11/h2-3,6,16H,4-5,7-9H2,1H3. The third-order valence-corrected chi connectivity index (χ3v) is 3.28. The van der Waals surface area contributed by atoms with Crippen LogP contribution in [0.1, 0.15) is 12.8 Å². The van der Waals surface area contributed by atoms with Gasteiger partial charge in [0, 0.05) is 51.9 Å². The summed E-state index contributed by atoms with van der Waals surface area (Å²) in [5.41, 5.74) is -0.932. The second kappa shape index (κ2) is 5.50. The molecule has 0 saturated carbocycles. The van der Waals surface area contributed by atoms with E-state index < -0.39 is 10.5 Å². The number of anilines is 1. The first kappa shape index (κ1) is 13.7. The van der Waals surface area contributed by atoms with Gasteiger partial charge < -0.3 is 14.7 Å². The van der Waals surface area contributed by atoms with Crippen molar-refractivity contribution in [1.29, 1.82) is 0 Å². The highest BCUT2D eigenvalue weighted by atomic mass is 16.6. The van der Waals surface area contributed by atoms with Crippen LogP contribution in [0, 0.1) is 10.1 Å². The highest BCUT2D eigenvalue weighted by molar-refractivity contribution is 5.56. The third kappa shape index (κ3) is 3.18. The van der Waals surface area contributed by atoms with Crippen LogP contribution in [0.5, 0.6) is 0 Å². The van der Waals surface area contributed by atoms with Gasteiger partial charge in [-0.2, -0.15) is 0 Å². The van der Waals surface area contributed by atoms with Crippen molar-refractivity contribution in [3.63, 3.8) is 0 Å². The molecule has 0 spiro atoms. The minimum atomic E-state index is -0.877. The Kier molecular flexibility index (Phi) is 3.96. The molecule has 0 aromatic carbocycles. The highest BCUT2D eigenvalue weighted by Crippen LogP contribution is 2.28. The van der Waals surface area contributed by atoms with Crippen molar-refractivity contribution >= 4 is 11.5 Å². The molecule has 1 N–H and O–H groups in total. The molecule has 1 aliphatic rings. The molecule has 1 fully saturated rings. The molecule has 19 heavy (non-hydrogen) atoms. The molecule has 1 aliphatic heterocycles. The first-order valence-electron chi connectivity index (χ1n) is 6.12. The minimum absolute atomic E-state index is 0.0549. The van der Waals surface area contributed by atoms with Crippen LogP contribution in [0.2, 0.25) is 0 Å². The second-order valence-corrected chi connectivity index (χ2v) is 4.80. The summed E-state index contributed by atoms with van der Waals surface area (Å²) >= 11 is 0. The molecule has 7 heteroatoms. The van der Waals surface area contributed by atoms with E-state index in [1.54, 1.807) is 11.9 Å². The van der Waals surface area contributed by atoms with Gasteiger partial charge in [0.25, 0.3) is 0 Å². The number of pyridine rings is 1. The Bertz CT molecular complexity index is 460. The fraction of sp³-hybridized carbons (Fsp3) is 0.583. The molecule has 1 aromatic rings. The van der Waals surface area contributed by atoms with Crippen molar-refractivity contribution < 1.29 is 14.8 Å². The highest BCUT2D eigenvalue weighted by Gasteiger charge is 2.32. The van der Waals surface area contributed by atoms with Gasteiger partial charge >= 0.3 is 5.69 Å². The van der Waals surface area contributed by atoms with Crippen molar-refractivity contribution in [2.75, 3.05) is 31.7 Å². The molecule has 104 valence electrons. The summed E-state index contributed by atoms with van der Waals surface area (Å²) in [7, 11) is 1.70. The molecule has 7 nitrogen and oxygen atoms in total. The van der Waals surface area contributed by atoms with Crippen molar-refractivity contribution in [3.8, 4) is 0 Å². The van der Waals surface area contributed by atoms with E-state index >= 15 is 0 Å². The van der Waals surface area contributed by atoms with E-state index in [-0.39, 0.29) is 11.5 Å². The van der Waals surface area contributed by atoms with E-state index in [1.807, 2.05) is 0 Å². The lowest BCUT2D eigenvalue weighted by molar-refractivity contribution is -0.384. The van der Waals surface area contributed by atoms with Gasteiger partial charge in [-0.15, -0.1) is 0 Å². The monoisotopic (exact) mass is 267 g/mol. The fourth-order valence-corrected chi connectivity index (χ4v) is 2.25. The molecule has 0 atom stereocenters. The molecular formula is C12H17N3O4. The summed E-state index contributed by atoms with van der Waals surface area (Å²) in [4.78, 5) is 16.2. The quantitative estimate of drug-likeness (QED) is 0.646. The first-order chi connectivity index (χ1) is 9.02. The molecule has 1 aromatic heterocycles. The van der Waals surface area contributed by atoms with Crippen molar-refractivity contribution in [2.24, 2.45) is 0 Å². The predicted octanol–water partition coefficient (Wildman–Crippen LogP) is 0.967. The maximum Gasteiger partial charge on any atom is 0.311 e. The van der Waals surface area contributed by atoms with Crippen LogP contribution in [0.4, 0.5) is 11.5 Å². The number of rotatable bonds is 4. The van der Waals surface area contributed by atoms with Crippen molar-refractivity contribution in [3.05, 3.63) is 28.4 Å². The number of likely N-dealkylation sites (N-methyl/N-ethyl adjacent to an activating group) is 1. The summed E-state index contributed by atoms with van der Waals surface area (Å²) in [6, 6.07) is 2.94. The second-order valence-electron chi connectivity index (χ2n) is 4.80. The molecule has 0 unspecified atom stereocenters. The van der Waals surface area contributed by atoms with Crippen molar-refractivity contribution in [2.45, 2.75) is 18.4 Å². The Morgan fingerprint density at radius 2 is 2.26 bits per heavy atom. The Hall–Kier alpha value is -1.73. The molecule has 0 bridgehead atoms. The maximum absolute atomic E-state index is 11.0. The van der Waals surface area contributed by atoms with Gasteiger partial charge in [0.1, 0.15) is 0 Å². The predicted molar refractivity (Wildman–Crippen MR) is 69.2 cm³/mol. The van der Waals surface area contributed by atoms with Crippen LogP contribution in [-0.2, 0) is 4.74 Å². The topological polar surface area (TPSA) is 88.7 Å². The third-order valence-electron chi connectivity index (χ3n) is 3.28. The van der Waals surface area contributed by atoms with Gasteiger partial charge in [-0.1, -0.05) is 0 Å². The number of hydrogen-bond donors (Lipinski definition) is 1. The van der Waals surface area contributed by atoms with Crippen LogP contribution in [-0.4, -0.2) is 47.4 Å². The van der Waals surface area contributed by atoms with Crippen molar-refractivity contribution in [1.82, 2.24) is 4.98 Å². The minimum Gasteiger partial charge on any atom is -0.388 e. The lowest BCUT2D eigenvalue weighted by atomic mass is 9.94. The van der Waals surface area contributed by atoms with E-state index in [1.165, 1.54) is 18.3 Å². The molecule has 2 rings (SSSR count). The lowest BCUT2D eigenvalue weighted by Crippen LogP contribution is -2.46. The Balaban J connectivity index is 2.15. The van der Waals surface area contributed by atoms with E-state index in [9.17, 15) is 15.2 Å². The van der Waals surface area contributed by atoms with E-state index in [2.05, 4.69) is 4.98 Å². The Morgan fingerprint density at radius 3 is 2.89 bits per heavy atom. The average molecular weight is 267 g/mol. The van der Waals surface area contributed by atoms with E-state index in [0.29, 0.717) is 32.6 Å². The zero-order valence-corrected chi connectivity index (χ0v) is 10.8. The van der Waals surface area contributed by atoms with Crippen LogP contribution >= 0.6 is 0 Å². The summed E-state index contributed by atoms with van der Waals surface area (Å²) in [6.07, 6.45) is 2.56. The van der Waals surface area contributed by atoms with Crippen LogP contribution < -0.4 is 4.90 Å². The van der Waals surface area contributed by atoms with Crippen LogP contribution in [0.25, 0.3) is 0 Å². The van der Waals surface area contributed by atoms with Crippen LogP contribution in [0.15, 0.2) is 18.3 Å². The van der Waals surface area contributed by atoms with Gasteiger partial charge in [-0.05, 0) is 6.07 Å². The van der Waals surface area contributed by atoms with Crippen LogP contribution in [0.3, 0.4) is 0 Å². The number of hydrogen-bond acceptors (Lipinski definition) is 6. The van der Waals surface area contributed by atoms with Gasteiger partial charge in [-0.25, -0.2) is 4.98 Å². The summed E-state index contributed by atoms with van der Waals surface area (Å²) < 4.78 is 5.21. The molecule has 0 radical (unpaired) electrons. The first-order valence-corrected chi connectivity index (χ1v) is 6.12. The van der Waals surface area contributed by atoms with Gasteiger partial charge in [-0.3, -0.25) is 10.1 Å². The summed E-state index contributed by atoms with van der Waals surface area (Å²) in [5.74, 6) is 0.271. The van der Waals surface area contributed by atoms with Gasteiger partial charge in [0.05, 0.1) is 10.5 Å². The Labute approximate surface area is 111 Å². The lowest BCUT2D eigenvalue weighted by Gasteiger charge is -2.35. The number of aromatic nitrogens is 1.